The maximum Gasteiger partial charge on any atom is 0.0770 e. The first-order valence-corrected chi connectivity index (χ1v) is 3.41. The van der Waals surface area contributed by atoms with E-state index in [9.17, 15) is 0 Å². The lowest BCUT2D eigenvalue weighted by atomic mass is 10.1. The minimum atomic E-state index is 0.0509. The van der Waals surface area contributed by atoms with Crippen LogP contribution in [0.2, 0.25) is 0 Å². The SMILES string of the molecule is C=CC(NN)C(CC)OC. The number of rotatable bonds is 5. The van der Waals surface area contributed by atoms with Crippen LogP contribution in [-0.2, 0) is 4.74 Å². The molecular weight excluding hydrogens is 128 g/mol. The van der Waals surface area contributed by atoms with E-state index in [1.54, 1.807) is 13.2 Å². The number of ether oxygens (including phenoxy) is 1. The molecule has 0 aliphatic rings. The average molecular weight is 144 g/mol. The molecule has 10 heavy (non-hydrogen) atoms. The van der Waals surface area contributed by atoms with Crippen molar-refractivity contribution in [1.29, 1.82) is 0 Å². The number of methoxy groups -OCH3 is 1. The van der Waals surface area contributed by atoms with E-state index in [-0.39, 0.29) is 12.1 Å². The Morgan fingerprint density at radius 1 is 1.80 bits per heavy atom. The molecule has 0 aromatic heterocycles. The number of hydrogen-bond donors (Lipinski definition) is 2. The fourth-order valence-electron chi connectivity index (χ4n) is 0.894. The van der Waals surface area contributed by atoms with Crippen LogP contribution in [0.4, 0.5) is 0 Å². The van der Waals surface area contributed by atoms with Crippen LogP contribution < -0.4 is 11.3 Å². The zero-order valence-electron chi connectivity index (χ0n) is 6.63. The Labute approximate surface area is 62.2 Å². The summed E-state index contributed by atoms with van der Waals surface area (Å²) >= 11 is 0. The summed E-state index contributed by atoms with van der Waals surface area (Å²) in [6.45, 7) is 5.67. The molecule has 0 aliphatic carbocycles. The van der Waals surface area contributed by atoms with Crippen molar-refractivity contribution in [3.05, 3.63) is 12.7 Å². The van der Waals surface area contributed by atoms with Gasteiger partial charge in [0.1, 0.15) is 0 Å². The van der Waals surface area contributed by atoms with Gasteiger partial charge < -0.3 is 4.74 Å². The molecule has 2 atom stereocenters. The minimum absolute atomic E-state index is 0.0509. The van der Waals surface area contributed by atoms with Gasteiger partial charge in [-0.3, -0.25) is 11.3 Å². The lowest BCUT2D eigenvalue weighted by molar-refractivity contribution is 0.0791. The van der Waals surface area contributed by atoms with Crippen LogP contribution in [0.3, 0.4) is 0 Å². The lowest BCUT2D eigenvalue weighted by Crippen LogP contribution is -2.42. The van der Waals surface area contributed by atoms with Crippen LogP contribution in [0.5, 0.6) is 0 Å². The van der Waals surface area contributed by atoms with Crippen molar-refractivity contribution in [2.24, 2.45) is 5.84 Å². The van der Waals surface area contributed by atoms with E-state index < -0.39 is 0 Å². The van der Waals surface area contributed by atoms with Gasteiger partial charge in [0, 0.05) is 7.11 Å². The van der Waals surface area contributed by atoms with E-state index in [1.807, 2.05) is 6.92 Å². The van der Waals surface area contributed by atoms with E-state index in [2.05, 4.69) is 12.0 Å². The van der Waals surface area contributed by atoms with Crippen LogP contribution in [0.1, 0.15) is 13.3 Å². The first-order chi connectivity index (χ1) is 4.79. The molecular formula is C7H16N2O. The highest BCUT2D eigenvalue weighted by Gasteiger charge is 2.13. The standard InChI is InChI=1S/C7H16N2O/c1-4-6(9-8)7(5-2)10-3/h4,6-7,9H,1,5,8H2,2-3H3. The summed E-state index contributed by atoms with van der Waals surface area (Å²) in [5.41, 5.74) is 2.61. The third-order valence-corrected chi connectivity index (χ3v) is 1.55. The second-order valence-corrected chi connectivity index (χ2v) is 2.11. The van der Waals surface area contributed by atoms with Crippen molar-refractivity contribution in [2.75, 3.05) is 7.11 Å². The Balaban J connectivity index is 3.81. The number of hydrazine groups is 1. The zero-order valence-corrected chi connectivity index (χ0v) is 6.63. The van der Waals surface area contributed by atoms with Gasteiger partial charge in [0.25, 0.3) is 0 Å². The van der Waals surface area contributed by atoms with Crippen LogP contribution >= 0.6 is 0 Å². The van der Waals surface area contributed by atoms with Crippen LogP contribution in [0.25, 0.3) is 0 Å². The maximum atomic E-state index is 5.23. The van der Waals surface area contributed by atoms with E-state index in [0.717, 1.165) is 6.42 Å². The molecule has 0 heterocycles. The lowest BCUT2D eigenvalue weighted by Gasteiger charge is -2.20. The highest BCUT2D eigenvalue weighted by molar-refractivity contribution is 4.89. The molecule has 0 amide bonds. The summed E-state index contributed by atoms with van der Waals surface area (Å²) in [5, 5.41) is 0. The van der Waals surface area contributed by atoms with Gasteiger partial charge in [-0.2, -0.15) is 0 Å². The second-order valence-electron chi connectivity index (χ2n) is 2.11. The third kappa shape index (κ3) is 2.47. The smallest absolute Gasteiger partial charge is 0.0770 e. The fourth-order valence-corrected chi connectivity index (χ4v) is 0.894. The number of nitrogens with one attached hydrogen (secondary N) is 1. The molecule has 0 aromatic rings. The Morgan fingerprint density at radius 3 is 2.50 bits per heavy atom. The van der Waals surface area contributed by atoms with Crippen LogP contribution in [-0.4, -0.2) is 19.3 Å². The summed E-state index contributed by atoms with van der Waals surface area (Å²) in [5.74, 6) is 5.23. The van der Waals surface area contributed by atoms with Crippen molar-refractivity contribution >= 4 is 0 Å². The molecule has 0 fully saturated rings. The van der Waals surface area contributed by atoms with E-state index in [0.29, 0.717) is 0 Å². The molecule has 0 rings (SSSR count). The van der Waals surface area contributed by atoms with Gasteiger partial charge in [-0.25, -0.2) is 0 Å². The molecule has 60 valence electrons. The topological polar surface area (TPSA) is 47.3 Å². The highest BCUT2D eigenvalue weighted by atomic mass is 16.5. The minimum Gasteiger partial charge on any atom is -0.379 e. The molecule has 0 bridgehead atoms. The van der Waals surface area contributed by atoms with E-state index in [4.69, 9.17) is 10.6 Å². The Hall–Kier alpha value is -0.380. The summed E-state index contributed by atoms with van der Waals surface area (Å²) in [4.78, 5) is 0. The third-order valence-electron chi connectivity index (χ3n) is 1.55. The average Bonchev–Trinajstić information content (AvgIpc) is 2.00. The normalized spacial score (nSPS) is 16.3. The molecule has 0 saturated carbocycles. The molecule has 3 heteroatoms. The largest absolute Gasteiger partial charge is 0.379 e. The van der Waals surface area contributed by atoms with Crippen molar-refractivity contribution in [1.82, 2.24) is 5.43 Å². The van der Waals surface area contributed by atoms with Crippen molar-refractivity contribution in [2.45, 2.75) is 25.5 Å². The van der Waals surface area contributed by atoms with Crippen molar-refractivity contribution < 1.29 is 4.74 Å². The predicted molar refractivity (Wildman–Crippen MR) is 42.4 cm³/mol. The molecule has 0 aromatic carbocycles. The van der Waals surface area contributed by atoms with Gasteiger partial charge in [-0.15, -0.1) is 6.58 Å². The molecule has 3 nitrogen and oxygen atoms in total. The summed E-state index contributed by atoms with van der Waals surface area (Å²) in [6, 6.07) is 0.0509. The molecule has 0 aliphatic heterocycles. The Kier molecular flexibility index (Phi) is 5.20. The predicted octanol–water partition coefficient (Wildman–Crippen LogP) is 0.429. The van der Waals surface area contributed by atoms with Gasteiger partial charge in [-0.1, -0.05) is 13.0 Å². The van der Waals surface area contributed by atoms with E-state index in [1.165, 1.54) is 0 Å². The maximum absolute atomic E-state index is 5.23. The molecule has 0 radical (unpaired) electrons. The monoisotopic (exact) mass is 144 g/mol. The first-order valence-electron chi connectivity index (χ1n) is 3.41. The highest BCUT2D eigenvalue weighted by Crippen LogP contribution is 2.02. The summed E-state index contributed by atoms with van der Waals surface area (Å²) < 4.78 is 5.13. The zero-order chi connectivity index (χ0) is 7.98. The number of hydrogen-bond acceptors (Lipinski definition) is 3. The summed E-state index contributed by atoms with van der Waals surface area (Å²) in [6.07, 6.45) is 2.80. The molecule has 2 unspecified atom stereocenters. The van der Waals surface area contributed by atoms with Crippen molar-refractivity contribution in [3.63, 3.8) is 0 Å². The van der Waals surface area contributed by atoms with Crippen LogP contribution in [0.15, 0.2) is 12.7 Å². The van der Waals surface area contributed by atoms with Crippen molar-refractivity contribution in [3.8, 4) is 0 Å². The molecule has 0 spiro atoms. The molecule has 3 N–H and O–H groups in total. The van der Waals surface area contributed by atoms with Gasteiger partial charge in [0.05, 0.1) is 12.1 Å². The van der Waals surface area contributed by atoms with Crippen LogP contribution in [0, 0.1) is 0 Å². The first kappa shape index (κ1) is 9.62. The summed E-state index contributed by atoms with van der Waals surface area (Å²) in [7, 11) is 1.67. The van der Waals surface area contributed by atoms with E-state index >= 15 is 0 Å². The van der Waals surface area contributed by atoms with Gasteiger partial charge in [-0.05, 0) is 6.42 Å². The number of nitrogens with two attached hydrogens (primary N) is 1. The Morgan fingerprint density at radius 2 is 2.40 bits per heavy atom. The van der Waals surface area contributed by atoms with Gasteiger partial charge in [0.2, 0.25) is 0 Å². The fraction of sp³-hybridized carbons (Fsp3) is 0.714. The Bertz CT molecular complexity index is 91.6. The van der Waals surface area contributed by atoms with Gasteiger partial charge >= 0.3 is 0 Å². The quantitative estimate of drug-likeness (QED) is 0.334. The van der Waals surface area contributed by atoms with Gasteiger partial charge in [0.15, 0.2) is 0 Å². The second kappa shape index (κ2) is 5.41. The molecule has 0 saturated heterocycles.